The van der Waals surface area contributed by atoms with Crippen molar-refractivity contribution in [1.29, 1.82) is 0 Å². The van der Waals surface area contributed by atoms with Gasteiger partial charge in [0.2, 0.25) is 17.5 Å². The van der Waals surface area contributed by atoms with Crippen LogP contribution in [0.3, 0.4) is 0 Å². The maximum Gasteiger partial charge on any atom is 0.306 e. The molecular weight excluding hydrogens is 1150 g/mol. The van der Waals surface area contributed by atoms with E-state index in [1.807, 2.05) is 61.0 Å². The van der Waals surface area contributed by atoms with Gasteiger partial charge in [-0.2, -0.15) is 13.0 Å². The maximum absolute atomic E-state index is 14.5. The number of carbonyl (C=O) groups excluding carboxylic acids is 2. The number of benzene rings is 5. The minimum Gasteiger partial charge on any atom is -0.481 e. The molecule has 90 heavy (non-hydrogen) atoms. The normalized spacial score (nSPS) is 17.1. The standard InChI is InChI=1S/C74H87N7O8S/c1-9-10-19-45-78-63-31-18-16-29-60(63)73(5,6)65(78)41-34-52-24-21-25-53(71(52)89-55-36-38-56(39-37-55)90(86,87)88)35-42-66-74(7,8)61-48-51(4)33-40-64(61)79(66)46-22-32-67(82)75-44-43-68(83)80-49-54-23-13-14-27-58(54)70-69(59-28-15-17-30-62(59)80)76-77-81(70)47-20-11-12-26-57(50(2)3)72(84)85/h13-18,23,27-31,33-42,48,50,57H,9-12,19-22,24-26,32,43-47,49H2,1-8H3,(H2-,75,82,84,85,86,87,88)/p+1. The average Bonchev–Trinajstić information content (AvgIpc) is 1.59. The minimum atomic E-state index is -4.41. The first-order valence-electron chi connectivity index (χ1n) is 32.3. The quantitative estimate of drug-likeness (QED) is 0.0281. The summed E-state index contributed by atoms with van der Waals surface area (Å²) in [5.74, 6) is -0.130. The van der Waals surface area contributed by atoms with Crippen LogP contribution in [0.5, 0.6) is 5.75 Å². The third-order valence-corrected chi connectivity index (χ3v) is 19.4. The summed E-state index contributed by atoms with van der Waals surface area (Å²) in [7, 11) is -4.41. The molecule has 0 saturated carbocycles. The van der Waals surface area contributed by atoms with Crippen LogP contribution in [-0.2, 0) is 48.4 Å². The number of ether oxygens (including phenoxy) is 1. The van der Waals surface area contributed by atoms with Gasteiger partial charge in [0.25, 0.3) is 10.1 Å². The Morgan fingerprint density at radius 2 is 1.52 bits per heavy atom. The fraction of sp³-hybridized carbons (Fsp3) is 0.405. The third kappa shape index (κ3) is 14.0. The van der Waals surface area contributed by atoms with Crippen LogP contribution < -0.4 is 19.9 Å². The van der Waals surface area contributed by atoms with Crippen molar-refractivity contribution < 1.29 is 41.8 Å². The van der Waals surface area contributed by atoms with Crippen LogP contribution in [-0.4, -0.2) is 80.8 Å². The number of anilines is 2. The first kappa shape index (κ1) is 64.8. The second-order valence-electron chi connectivity index (χ2n) is 25.9. The average molecular weight is 1240 g/mol. The number of carboxylic acids is 1. The Bertz CT molecular complexity index is 3940. The van der Waals surface area contributed by atoms with Gasteiger partial charge in [0.05, 0.1) is 34.2 Å². The zero-order valence-corrected chi connectivity index (χ0v) is 54.4. The van der Waals surface area contributed by atoms with Crippen molar-refractivity contribution in [2.45, 2.75) is 168 Å². The number of amides is 2. The van der Waals surface area contributed by atoms with Crippen molar-refractivity contribution in [2.75, 3.05) is 29.4 Å². The van der Waals surface area contributed by atoms with E-state index in [9.17, 15) is 32.5 Å². The molecule has 15 nitrogen and oxygen atoms in total. The number of rotatable bonds is 25. The number of para-hydroxylation sites is 2. The van der Waals surface area contributed by atoms with Gasteiger partial charge in [0.15, 0.2) is 5.71 Å². The molecule has 10 rings (SSSR count). The molecule has 4 heterocycles. The Morgan fingerprint density at radius 1 is 0.778 bits per heavy atom. The van der Waals surface area contributed by atoms with Crippen molar-refractivity contribution in [3.8, 4) is 28.3 Å². The van der Waals surface area contributed by atoms with E-state index in [4.69, 9.17) is 9.84 Å². The van der Waals surface area contributed by atoms with Crippen LogP contribution in [0.2, 0.25) is 0 Å². The molecule has 0 fully saturated rings. The zero-order valence-electron chi connectivity index (χ0n) is 53.6. The highest BCUT2D eigenvalue weighted by molar-refractivity contribution is 7.85. The summed E-state index contributed by atoms with van der Waals surface area (Å²) in [5.41, 5.74) is 14.7. The number of carbonyl (C=O) groups is 3. The van der Waals surface area contributed by atoms with Crippen molar-refractivity contribution in [3.63, 3.8) is 0 Å². The molecule has 472 valence electrons. The number of aliphatic carboxylic acids is 1. The van der Waals surface area contributed by atoms with E-state index in [2.05, 4.69) is 134 Å². The summed E-state index contributed by atoms with van der Waals surface area (Å²) in [4.78, 5) is 44.0. The summed E-state index contributed by atoms with van der Waals surface area (Å²) in [6.07, 6.45) is 18.6. The van der Waals surface area contributed by atoms with E-state index in [1.54, 1.807) is 17.0 Å². The van der Waals surface area contributed by atoms with Crippen molar-refractivity contribution >= 4 is 50.7 Å². The monoisotopic (exact) mass is 1230 g/mol. The number of aromatic nitrogens is 3. The molecule has 5 aromatic carbocycles. The fourth-order valence-corrected chi connectivity index (χ4v) is 14.1. The molecule has 1 aromatic heterocycles. The van der Waals surface area contributed by atoms with E-state index in [1.165, 1.54) is 34.7 Å². The number of hydrogen-bond acceptors (Lipinski definition) is 9. The Hall–Kier alpha value is -8.21. The number of fused-ring (bicyclic) bond motifs is 7. The molecule has 16 heteroatoms. The highest BCUT2D eigenvalue weighted by atomic mass is 32.2. The highest BCUT2D eigenvalue weighted by Crippen LogP contribution is 2.49. The highest BCUT2D eigenvalue weighted by Gasteiger charge is 2.44. The SMILES string of the molecule is CCCCC[N+]1=C(/C=C/C2=C(Oc3ccc(S(=O)(=O)O)cc3)C(=C/C=C3/N(CCCC(=O)NCCC(=O)N4Cc5ccccc5-c5c(nnn5CCCCCC(C(=O)O)C(C)C)-c5ccccc54)c4ccc(C)cc4C3(C)C)/CCC2)C(C)(C)c2ccccc21. The second-order valence-corrected chi connectivity index (χ2v) is 27.3. The Labute approximate surface area is 531 Å². The molecule has 1 atom stereocenters. The molecule has 1 unspecified atom stereocenters. The number of nitrogens with zero attached hydrogens (tertiary/aromatic N) is 6. The molecule has 0 spiro atoms. The van der Waals surface area contributed by atoms with Crippen LogP contribution in [0.4, 0.5) is 17.1 Å². The molecule has 6 aromatic rings. The van der Waals surface area contributed by atoms with Gasteiger partial charge >= 0.3 is 5.97 Å². The number of carboxylic acid groups (broad SMARTS) is 1. The summed E-state index contributed by atoms with van der Waals surface area (Å²) < 4.78 is 45.3. The van der Waals surface area contributed by atoms with E-state index in [0.717, 1.165) is 120 Å². The van der Waals surface area contributed by atoms with Gasteiger partial charge in [0, 0.05) is 84.5 Å². The zero-order chi connectivity index (χ0) is 63.9. The van der Waals surface area contributed by atoms with Gasteiger partial charge in [-0.3, -0.25) is 18.9 Å². The van der Waals surface area contributed by atoms with Crippen LogP contribution in [0, 0.1) is 18.8 Å². The lowest BCUT2D eigenvalue weighted by molar-refractivity contribution is -0.438. The summed E-state index contributed by atoms with van der Waals surface area (Å²) >= 11 is 0. The number of allylic oxidation sites excluding steroid dienone is 7. The molecule has 3 N–H and O–H groups in total. The Balaban J connectivity index is 0.853. The van der Waals surface area contributed by atoms with Gasteiger partial charge in [-0.15, -0.1) is 5.10 Å². The molecule has 0 saturated heterocycles. The molecular formula is C74H88N7O8S+. The largest absolute Gasteiger partial charge is 0.481 e. The lowest BCUT2D eigenvalue weighted by Crippen LogP contribution is -2.35. The predicted octanol–water partition coefficient (Wildman–Crippen LogP) is 15.2. The molecule has 0 radical (unpaired) electrons. The molecule has 0 bridgehead atoms. The molecule has 4 aliphatic rings. The van der Waals surface area contributed by atoms with Gasteiger partial charge in [0.1, 0.15) is 23.7 Å². The van der Waals surface area contributed by atoms with Gasteiger partial charge in [-0.05, 0) is 142 Å². The first-order valence-corrected chi connectivity index (χ1v) is 33.7. The fourth-order valence-electron chi connectivity index (χ4n) is 13.6. The maximum atomic E-state index is 14.5. The topological polar surface area (TPSA) is 187 Å². The molecule has 2 amide bonds. The van der Waals surface area contributed by atoms with Crippen LogP contribution in [0.15, 0.2) is 167 Å². The smallest absolute Gasteiger partial charge is 0.306 e. The van der Waals surface area contributed by atoms with Gasteiger partial charge in [-0.25, -0.2) is 4.68 Å². The lowest BCUT2D eigenvalue weighted by atomic mass is 9.81. The van der Waals surface area contributed by atoms with E-state index >= 15 is 0 Å². The van der Waals surface area contributed by atoms with Crippen LogP contribution >= 0.6 is 0 Å². The first-order chi connectivity index (χ1) is 43.2. The lowest BCUT2D eigenvalue weighted by Gasteiger charge is -2.28. The second kappa shape index (κ2) is 27.9. The summed E-state index contributed by atoms with van der Waals surface area (Å²) in [6.45, 7) is 19.9. The Kier molecular flexibility index (Phi) is 20.1. The molecule has 3 aliphatic heterocycles. The van der Waals surface area contributed by atoms with Gasteiger partial charge in [-0.1, -0.05) is 144 Å². The number of hydrogen-bond donors (Lipinski definition) is 3. The van der Waals surface area contributed by atoms with E-state index in [-0.39, 0.29) is 53.3 Å². The minimum absolute atomic E-state index is 0.0757. The molecule has 1 aliphatic carbocycles. The predicted molar refractivity (Wildman–Crippen MR) is 357 cm³/mol. The van der Waals surface area contributed by atoms with Crippen LogP contribution in [0.25, 0.3) is 22.5 Å². The number of aryl methyl sites for hydroxylation is 2. The number of unbranched alkanes of at least 4 members (excludes halogenated alkanes) is 4. The Morgan fingerprint density at radius 3 is 2.28 bits per heavy atom. The van der Waals surface area contributed by atoms with Gasteiger partial charge < -0.3 is 25.0 Å². The van der Waals surface area contributed by atoms with Crippen molar-refractivity contribution in [2.24, 2.45) is 11.8 Å². The number of nitrogens with one attached hydrogen (secondary N) is 1. The summed E-state index contributed by atoms with van der Waals surface area (Å²) in [5, 5.41) is 22.2. The van der Waals surface area contributed by atoms with Crippen LogP contribution in [0.1, 0.15) is 154 Å². The van der Waals surface area contributed by atoms with Crippen molar-refractivity contribution in [3.05, 3.63) is 184 Å². The third-order valence-electron chi connectivity index (χ3n) is 18.6. The van der Waals surface area contributed by atoms with Crippen molar-refractivity contribution in [1.82, 2.24) is 20.3 Å². The van der Waals surface area contributed by atoms with E-state index < -0.39 is 21.5 Å². The van der Waals surface area contributed by atoms with E-state index in [0.29, 0.717) is 49.7 Å². The summed E-state index contributed by atoms with van der Waals surface area (Å²) in [6, 6.07) is 37.0.